The first-order chi connectivity index (χ1) is 17.3. The van der Waals surface area contributed by atoms with Gasteiger partial charge in [-0.15, -0.1) is 0 Å². The third kappa shape index (κ3) is 5.19. The number of unbranched alkanes of at least 4 members (excludes halogenated alkanes) is 1. The maximum Gasteiger partial charge on any atom is 0.283 e. The van der Waals surface area contributed by atoms with Gasteiger partial charge < -0.3 is 10.6 Å². The number of imide groups is 1. The summed E-state index contributed by atoms with van der Waals surface area (Å²) in [7, 11) is 0. The van der Waals surface area contributed by atoms with Crippen LogP contribution in [0.5, 0.6) is 0 Å². The quantitative estimate of drug-likeness (QED) is 0.353. The average Bonchev–Trinajstić information content (AvgIpc) is 3.08. The topological polar surface area (TPSA) is 78.5 Å². The van der Waals surface area contributed by atoms with Crippen molar-refractivity contribution in [2.24, 2.45) is 0 Å². The monoisotopic (exact) mass is 501 g/mol. The first-order valence-corrected chi connectivity index (χ1v) is 12.3. The van der Waals surface area contributed by atoms with E-state index in [4.69, 9.17) is 11.6 Å². The van der Waals surface area contributed by atoms with Gasteiger partial charge in [0.2, 0.25) is 0 Å². The lowest BCUT2D eigenvalue weighted by atomic mass is 10.1. The molecule has 4 rings (SSSR count). The Morgan fingerprint density at radius 3 is 2.36 bits per heavy atom. The predicted octanol–water partition coefficient (Wildman–Crippen LogP) is 6.33. The molecule has 0 unspecified atom stereocenters. The highest BCUT2D eigenvalue weighted by atomic mass is 35.5. The molecule has 1 aliphatic rings. The van der Waals surface area contributed by atoms with Crippen LogP contribution in [0, 0.1) is 13.8 Å². The standard InChI is InChI=1S/C29H28ClN3O3/c1-4-5-9-20-13-15-22(16-14-20)32-27(34)21-10-7-11-23(17-21)31-26-25(30)28(35)33(29(26)36)24-12-6-8-18(2)19(24)3/h6-8,10-17,31H,4-5,9H2,1-3H3,(H,32,34). The number of anilines is 3. The normalized spacial score (nSPS) is 13.4. The van der Waals surface area contributed by atoms with Gasteiger partial charge in [0.1, 0.15) is 10.7 Å². The van der Waals surface area contributed by atoms with Crippen LogP contribution in [0.25, 0.3) is 0 Å². The van der Waals surface area contributed by atoms with Crippen molar-refractivity contribution in [3.8, 4) is 0 Å². The number of nitrogens with zero attached hydrogens (tertiary/aromatic N) is 1. The highest BCUT2D eigenvalue weighted by Crippen LogP contribution is 2.33. The summed E-state index contributed by atoms with van der Waals surface area (Å²) in [6, 6.07) is 19.9. The summed E-state index contributed by atoms with van der Waals surface area (Å²) in [5.41, 5.74) is 5.05. The van der Waals surface area contributed by atoms with E-state index in [0.717, 1.165) is 35.3 Å². The number of hydrogen-bond acceptors (Lipinski definition) is 4. The van der Waals surface area contributed by atoms with Crippen molar-refractivity contribution in [2.45, 2.75) is 40.0 Å². The Hall–Kier alpha value is -3.90. The van der Waals surface area contributed by atoms with Gasteiger partial charge in [-0.05, 0) is 79.8 Å². The smallest absolute Gasteiger partial charge is 0.283 e. The number of aryl methyl sites for hydroxylation is 2. The molecule has 36 heavy (non-hydrogen) atoms. The van der Waals surface area contributed by atoms with Crippen LogP contribution in [0.3, 0.4) is 0 Å². The van der Waals surface area contributed by atoms with Crippen LogP contribution in [-0.2, 0) is 16.0 Å². The van der Waals surface area contributed by atoms with Crippen LogP contribution >= 0.6 is 11.6 Å². The minimum atomic E-state index is -0.589. The predicted molar refractivity (Wildman–Crippen MR) is 144 cm³/mol. The van der Waals surface area contributed by atoms with Crippen molar-refractivity contribution in [2.75, 3.05) is 15.5 Å². The zero-order chi connectivity index (χ0) is 25.8. The molecule has 0 atom stereocenters. The van der Waals surface area contributed by atoms with E-state index in [2.05, 4.69) is 17.6 Å². The average molecular weight is 502 g/mol. The molecule has 7 heteroatoms. The van der Waals surface area contributed by atoms with Crippen molar-refractivity contribution in [1.82, 2.24) is 0 Å². The Labute approximate surface area is 216 Å². The van der Waals surface area contributed by atoms with Crippen LogP contribution in [0.1, 0.15) is 46.8 Å². The highest BCUT2D eigenvalue weighted by Gasteiger charge is 2.39. The minimum Gasteiger partial charge on any atom is -0.350 e. The molecule has 184 valence electrons. The molecular weight excluding hydrogens is 474 g/mol. The van der Waals surface area contributed by atoms with E-state index in [1.54, 1.807) is 36.4 Å². The summed E-state index contributed by atoms with van der Waals surface area (Å²) in [6.07, 6.45) is 3.27. The fourth-order valence-corrected chi connectivity index (χ4v) is 4.24. The van der Waals surface area contributed by atoms with Gasteiger partial charge in [-0.25, -0.2) is 4.90 Å². The Morgan fingerprint density at radius 1 is 0.917 bits per heavy atom. The number of hydrogen-bond donors (Lipinski definition) is 2. The van der Waals surface area contributed by atoms with Crippen LogP contribution in [-0.4, -0.2) is 17.7 Å². The third-order valence-electron chi connectivity index (χ3n) is 6.27. The molecule has 1 aliphatic heterocycles. The van der Waals surface area contributed by atoms with E-state index in [9.17, 15) is 14.4 Å². The van der Waals surface area contributed by atoms with Crippen LogP contribution < -0.4 is 15.5 Å². The van der Waals surface area contributed by atoms with Gasteiger partial charge in [0, 0.05) is 16.9 Å². The maximum atomic E-state index is 13.2. The molecule has 0 aromatic heterocycles. The SMILES string of the molecule is CCCCc1ccc(NC(=O)c2cccc(NC3=C(Cl)C(=O)N(c4cccc(C)c4C)C3=O)c2)cc1. The molecule has 0 spiro atoms. The summed E-state index contributed by atoms with van der Waals surface area (Å²) < 4.78 is 0. The van der Waals surface area contributed by atoms with E-state index < -0.39 is 11.8 Å². The summed E-state index contributed by atoms with van der Waals surface area (Å²) in [6.45, 7) is 5.92. The summed E-state index contributed by atoms with van der Waals surface area (Å²) in [5, 5.41) is 5.64. The Morgan fingerprint density at radius 2 is 1.64 bits per heavy atom. The second kappa shape index (κ2) is 10.8. The number of halogens is 1. The number of nitrogens with one attached hydrogen (secondary N) is 2. The Balaban J connectivity index is 1.49. The number of carbonyl (C=O) groups is 3. The molecule has 2 N–H and O–H groups in total. The first-order valence-electron chi connectivity index (χ1n) is 11.9. The second-order valence-corrected chi connectivity index (χ2v) is 9.19. The van der Waals surface area contributed by atoms with Gasteiger partial charge in [0.05, 0.1) is 5.69 Å². The summed E-state index contributed by atoms with van der Waals surface area (Å²) in [5.74, 6) is -1.42. The zero-order valence-corrected chi connectivity index (χ0v) is 21.3. The van der Waals surface area contributed by atoms with E-state index in [1.807, 2.05) is 44.2 Å². The molecule has 0 aliphatic carbocycles. The fourth-order valence-electron chi connectivity index (χ4n) is 4.03. The number of rotatable bonds is 8. The molecule has 3 aromatic rings. The Bertz CT molecular complexity index is 1360. The van der Waals surface area contributed by atoms with E-state index in [-0.39, 0.29) is 16.6 Å². The zero-order valence-electron chi connectivity index (χ0n) is 20.5. The van der Waals surface area contributed by atoms with Gasteiger partial charge in [0.15, 0.2) is 0 Å². The number of carbonyl (C=O) groups excluding carboxylic acids is 3. The van der Waals surface area contributed by atoms with Gasteiger partial charge in [0.25, 0.3) is 17.7 Å². The molecule has 3 amide bonds. The minimum absolute atomic E-state index is 0.0252. The summed E-state index contributed by atoms with van der Waals surface area (Å²) in [4.78, 5) is 39.9. The second-order valence-electron chi connectivity index (χ2n) is 8.81. The van der Waals surface area contributed by atoms with Crippen LogP contribution in [0.15, 0.2) is 77.5 Å². The van der Waals surface area contributed by atoms with Gasteiger partial charge in [-0.3, -0.25) is 14.4 Å². The molecule has 1 heterocycles. The number of benzene rings is 3. The van der Waals surface area contributed by atoms with Crippen molar-refractivity contribution < 1.29 is 14.4 Å². The van der Waals surface area contributed by atoms with Gasteiger partial charge >= 0.3 is 0 Å². The molecular formula is C29H28ClN3O3. The van der Waals surface area contributed by atoms with Gasteiger partial charge in [-0.1, -0.05) is 55.3 Å². The van der Waals surface area contributed by atoms with Crippen molar-refractivity contribution >= 4 is 46.4 Å². The van der Waals surface area contributed by atoms with Gasteiger partial charge in [-0.2, -0.15) is 0 Å². The van der Waals surface area contributed by atoms with E-state index in [0.29, 0.717) is 22.6 Å². The molecule has 0 fully saturated rings. The molecule has 6 nitrogen and oxygen atoms in total. The van der Waals surface area contributed by atoms with Crippen LogP contribution in [0.2, 0.25) is 0 Å². The highest BCUT2D eigenvalue weighted by molar-refractivity contribution is 6.53. The molecule has 0 bridgehead atoms. The maximum absolute atomic E-state index is 13.2. The molecule has 0 saturated heterocycles. The van der Waals surface area contributed by atoms with Crippen molar-refractivity contribution in [3.05, 3.63) is 99.7 Å². The van der Waals surface area contributed by atoms with Crippen molar-refractivity contribution in [1.29, 1.82) is 0 Å². The van der Waals surface area contributed by atoms with E-state index in [1.165, 1.54) is 5.56 Å². The van der Waals surface area contributed by atoms with Crippen LogP contribution in [0.4, 0.5) is 17.1 Å². The first kappa shape index (κ1) is 25.2. The lowest BCUT2D eigenvalue weighted by Gasteiger charge is -2.18. The lowest BCUT2D eigenvalue weighted by molar-refractivity contribution is -0.120. The summed E-state index contributed by atoms with van der Waals surface area (Å²) >= 11 is 6.29. The largest absolute Gasteiger partial charge is 0.350 e. The van der Waals surface area contributed by atoms with E-state index >= 15 is 0 Å². The molecule has 3 aromatic carbocycles. The third-order valence-corrected chi connectivity index (χ3v) is 6.62. The lowest BCUT2D eigenvalue weighted by Crippen LogP contribution is -2.33. The fraction of sp³-hybridized carbons (Fsp3) is 0.207. The number of amides is 3. The Kier molecular flexibility index (Phi) is 7.55. The van der Waals surface area contributed by atoms with Crippen molar-refractivity contribution in [3.63, 3.8) is 0 Å². The molecule has 0 radical (unpaired) electrons. The molecule has 0 saturated carbocycles.